The lowest BCUT2D eigenvalue weighted by Crippen LogP contribution is -2.13. The van der Waals surface area contributed by atoms with E-state index < -0.39 is 36.3 Å². The minimum atomic E-state index is -0.649. The molecule has 1 aliphatic carbocycles. The van der Waals surface area contributed by atoms with Crippen molar-refractivity contribution in [2.45, 2.75) is 420 Å². The minimum absolute atomic E-state index is 0.111. The van der Waals surface area contributed by atoms with Gasteiger partial charge in [-0.1, -0.05) is 352 Å². The number of rotatable bonds is 74. The molecule has 0 N–H and O–H groups in total. The maximum Gasteiger partial charge on any atom is 0.330 e. The number of Topliss-reactive ketones (excluding diaryl/α,β-unsaturated/α-hetero) is 2. The van der Waals surface area contributed by atoms with Gasteiger partial charge < -0.3 is 37.9 Å². The zero-order chi connectivity index (χ0) is 86.8. The van der Waals surface area contributed by atoms with Crippen molar-refractivity contribution in [3.05, 3.63) is 134 Å². The van der Waals surface area contributed by atoms with Crippen LogP contribution in [0, 0.1) is 0 Å². The Bertz CT molecular complexity index is 3530. The van der Waals surface area contributed by atoms with E-state index in [9.17, 15) is 33.6 Å². The Kier molecular flexibility index (Phi) is 58.7. The number of unbranched alkanes of at least 4 members (excludes halogenated alkanes) is 42. The van der Waals surface area contributed by atoms with Gasteiger partial charge in [-0.05, 0) is 151 Å². The third-order valence-electron chi connectivity index (χ3n) is 23.5. The standard InChI is InChI=1S/C106H164O15/c1-8-12-15-18-21-24-27-30-33-36-39-42-45-48-51-62-119-104-93-74-88(59-55-66-116-101(111)69-85(5)107)76-95(104)82-97-78-90(61-56-67-117-102(112)70-86(6)108)79-98(106(97)121-64-53-50-47-44-41-38-35-32-29-26-23-20-17-14-10-3)83-96-77-89(60-57-68-118-103(113)84-100(110)114-7)75-94(81-92-72-87(71-91(73-92)80-93)58-54-65-115-99(109)11-4)105(96)120-63-52-49-46-43-40-37-34-31-28-25-22-19-16-13-9-2/h11,71-79H,4,8-10,12-70,80-84H2,1-3,5-7H3. The smallest absolute Gasteiger partial charge is 0.330 e. The number of methoxy groups -OCH3 is 1. The second kappa shape index (κ2) is 68.1. The molecule has 4 aromatic rings. The zero-order valence-electron chi connectivity index (χ0n) is 77.0. The van der Waals surface area contributed by atoms with Gasteiger partial charge in [0.05, 0.1) is 53.4 Å². The van der Waals surface area contributed by atoms with Gasteiger partial charge in [0.15, 0.2) is 0 Å². The van der Waals surface area contributed by atoms with E-state index in [0.29, 0.717) is 96.9 Å². The van der Waals surface area contributed by atoms with E-state index in [1.165, 1.54) is 258 Å². The maximum atomic E-state index is 12.9. The predicted molar refractivity (Wildman–Crippen MR) is 493 cm³/mol. The molecule has 0 aliphatic heterocycles. The highest BCUT2D eigenvalue weighted by atomic mass is 16.6. The highest BCUT2D eigenvalue weighted by molar-refractivity contribution is 5.94. The maximum absolute atomic E-state index is 12.9. The number of ether oxygens (including phenoxy) is 8. The summed E-state index contributed by atoms with van der Waals surface area (Å²) in [7, 11) is 1.26. The Labute approximate surface area is 733 Å². The summed E-state index contributed by atoms with van der Waals surface area (Å²) in [6, 6.07) is 20.6. The summed E-state index contributed by atoms with van der Waals surface area (Å²) in [5.41, 5.74) is 12.5. The summed E-state index contributed by atoms with van der Waals surface area (Å²) in [6.45, 7) is 15.5. The first kappa shape index (κ1) is 104. The van der Waals surface area contributed by atoms with Crippen LogP contribution in [0.1, 0.15) is 435 Å². The van der Waals surface area contributed by atoms with Crippen LogP contribution < -0.4 is 14.2 Å². The highest BCUT2D eigenvalue weighted by Gasteiger charge is 2.25. The number of aryl methyl sites for hydroxylation is 4. The molecular weight excluding hydrogens is 1510 g/mol. The second-order valence-electron chi connectivity index (χ2n) is 34.9. The van der Waals surface area contributed by atoms with Crippen molar-refractivity contribution in [1.29, 1.82) is 0 Å². The van der Waals surface area contributed by atoms with Crippen LogP contribution in [0.15, 0.2) is 67.3 Å². The molecule has 0 aromatic heterocycles. The summed E-state index contributed by atoms with van der Waals surface area (Å²) >= 11 is 0. The number of ketones is 2. The van der Waals surface area contributed by atoms with E-state index in [0.717, 1.165) is 142 Å². The number of hydrogen-bond donors (Lipinski definition) is 0. The Morgan fingerprint density at radius 2 is 0.504 bits per heavy atom. The quantitative estimate of drug-likeness (QED) is 0.0117. The van der Waals surface area contributed by atoms with Crippen LogP contribution >= 0.6 is 0 Å². The Balaban J connectivity index is 1.67. The number of benzene rings is 4. The van der Waals surface area contributed by atoms with E-state index in [4.69, 9.17) is 37.9 Å². The van der Waals surface area contributed by atoms with Crippen molar-refractivity contribution in [3.8, 4) is 17.2 Å². The fourth-order valence-electron chi connectivity index (χ4n) is 16.9. The van der Waals surface area contributed by atoms with Gasteiger partial charge in [-0.25, -0.2) is 4.79 Å². The first-order valence-electron chi connectivity index (χ1n) is 48.9. The Morgan fingerprint density at radius 1 is 0.273 bits per heavy atom. The summed E-state index contributed by atoms with van der Waals surface area (Å²) in [5, 5.41) is 0. The molecule has 1 aliphatic rings. The SMILES string of the molecule is C=CC(=O)OCCCc1cc2cc(c1)Cc1cc(CCCOC(=O)CC(=O)OC)cc(c1OCCCCCCCCCCCCCCCCC)Cc1cc(CCCOC(=O)CC(C)=O)cc(c1OCCCCCCCCCCCCCCCCC)Cc1cc(CCCOC(=O)CC(C)=O)cc(c1OCCCCCCCCCCCCCCCCC)C2. The van der Waals surface area contributed by atoms with Crippen LogP contribution in [0.3, 0.4) is 0 Å². The Morgan fingerprint density at radius 3 is 0.752 bits per heavy atom. The van der Waals surface area contributed by atoms with E-state index in [2.05, 4.69) is 81.9 Å². The first-order chi connectivity index (χ1) is 59.1. The fraction of sp³-hybridized carbons (Fsp3) is 0.689. The third kappa shape index (κ3) is 49.7. The molecule has 121 heavy (non-hydrogen) atoms. The van der Waals surface area contributed by atoms with Gasteiger partial charge in [0.2, 0.25) is 0 Å². The molecule has 0 heterocycles. The largest absolute Gasteiger partial charge is 0.493 e. The van der Waals surface area contributed by atoms with Crippen LogP contribution in [0.4, 0.5) is 0 Å². The van der Waals surface area contributed by atoms with Crippen LogP contribution in [-0.2, 0) is 109 Å². The third-order valence-corrected chi connectivity index (χ3v) is 23.5. The summed E-state index contributed by atoms with van der Waals surface area (Å²) in [6.07, 6.45) is 63.2. The van der Waals surface area contributed by atoms with E-state index in [1.54, 1.807) is 0 Å². The molecule has 5 rings (SSSR count). The average molecular weight is 1680 g/mol. The monoisotopic (exact) mass is 1680 g/mol. The number of carbonyl (C=O) groups is 7. The first-order valence-corrected chi connectivity index (χ1v) is 48.9. The van der Waals surface area contributed by atoms with Gasteiger partial charge >= 0.3 is 29.8 Å². The lowest BCUT2D eigenvalue weighted by atomic mass is 9.87. The van der Waals surface area contributed by atoms with Crippen molar-refractivity contribution < 1.29 is 71.5 Å². The molecule has 0 unspecified atom stereocenters. The van der Waals surface area contributed by atoms with Gasteiger partial charge in [-0.2, -0.15) is 0 Å². The molecule has 0 radical (unpaired) electrons. The van der Waals surface area contributed by atoms with Crippen LogP contribution in [0.25, 0.3) is 0 Å². The van der Waals surface area contributed by atoms with Crippen LogP contribution in [0.2, 0.25) is 0 Å². The van der Waals surface area contributed by atoms with E-state index >= 15 is 0 Å². The lowest BCUT2D eigenvalue weighted by molar-refractivity contribution is -0.153. The molecule has 0 saturated heterocycles. The number of esters is 5. The molecule has 0 amide bonds. The predicted octanol–water partition coefficient (Wildman–Crippen LogP) is 26.7. The van der Waals surface area contributed by atoms with Gasteiger partial charge in [0, 0.05) is 31.8 Å². The molecule has 0 spiro atoms. The molecule has 0 fully saturated rings. The number of fused-ring (bicyclic) bond motifs is 8. The number of carbonyl (C=O) groups excluding carboxylic acids is 7. The summed E-state index contributed by atoms with van der Waals surface area (Å²) in [5.74, 6) is -0.789. The van der Waals surface area contributed by atoms with Gasteiger partial charge in [0.25, 0.3) is 0 Å². The van der Waals surface area contributed by atoms with E-state index in [1.807, 2.05) is 0 Å². The molecule has 678 valence electrons. The van der Waals surface area contributed by atoms with Crippen molar-refractivity contribution >= 4 is 41.4 Å². The average Bonchev–Trinajstić information content (AvgIpc) is 0.779. The fourth-order valence-corrected chi connectivity index (χ4v) is 16.9. The van der Waals surface area contributed by atoms with Gasteiger partial charge in [-0.3, -0.25) is 28.8 Å². The molecule has 0 atom stereocenters. The van der Waals surface area contributed by atoms with Crippen LogP contribution in [0.5, 0.6) is 17.2 Å². The lowest BCUT2D eigenvalue weighted by Gasteiger charge is -2.24. The minimum Gasteiger partial charge on any atom is -0.493 e. The zero-order valence-corrected chi connectivity index (χ0v) is 77.0. The van der Waals surface area contributed by atoms with Gasteiger partial charge in [-0.15, -0.1) is 0 Å². The molecule has 4 aromatic carbocycles. The topological polar surface area (TPSA) is 193 Å². The van der Waals surface area contributed by atoms with Crippen molar-refractivity contribution in [2.75, 3.05) is 53.4 Å². The summed E-state index contributed by atoms with van der Waals surface area (Å²) < 4.78 is 49.6. The normalized spacial score (nSPS) is 11.8. The van der Waals surface area contributed by atoms with Crippen LogP contribution in [-0.4, -0.2) is 94.8 Å². The van der Waals surface area contributed by atoms with Crippen molar-refractivity contribution in [1.82, 2.24) is 0 Å². The molecule has 15 heteroatoms. The molecule has 0 saturated carbocycles. The number of hydrogen-bond acceptors (Lipinski definition) is 15. The molecular formula is C106H164O15. The van der Waals surface area contributed by atoms with E-state index in [-0.39, 0.29) is 50.8 Å². The molecule has 8 bridgehead atoms. The summed E-state index contributed by atoms with van der Waals surface area (Å²) in [4.78, 5) is 87.3. The van der Waals surface area contributed by atoms with Crippen molar-refractivity contribution in [3.63, 3.8) is 0 Å². The Hall–Kier alpha value is -7.29. The second-order valence-corrected chi connectivity index (χ2v) is 34.9. The highest BCUT2D eigenvalue weighted by Crippen LogP contribution is 2.40. The van der Waals surface area contributed by atoms with Crippen molar-refractivity contribution in [2.24, 2.45) is 0 Å². The van der Waals surface area contributed by atoms with Gasteiger partial charge in [0.1, 0.15) is 48.1 Å². The molecule has 15 nitrogen and oxygen atoms in total.